The maximum Gasteiger partial charge on any atom is 0.264 e. The number of halogens is 1. The summed E-state index contributed by atoms with van der Waals surface area (Å²) in [6.45, 7) is 5.77. The summed E-state index contributed by atoms with van der Waals surface area (Å²) in [4.78, 5) is 28.6. The Morgan fingerprint density at radius 3 is 2.31 bits per heavy atom. The van der Waals surface area contributed by atoms with Gasteiger partial charge in [-0.25, -0.2) is 8.42 Å². The lowest BCUT2D eigenvalue weighted by Crippen LogP contribution is -2.35. The Morgan fingerprint density at radius 1 is 1.08 bits per heavy atom. The molecule has 3 N–H and O–H groups in total. The molecule has 11 heteroatoms. The summed E-state index contributed by atoms with van der Waals surface area (Å²) in [5.74, 6) is -1.01. The summed E-state index contributed by atoms with van der Waals surface area (Å²) in [5, 5.41) is 3.25. The maximum atomic E-state index is 13.0. The molecule has 8 nitrogen and oxygen atoms in total. The molecule has 2 aromatic carbocycles. The quantitative estimate of drug-likeness (QED) is 0.461. The second-order valence-corrected chi connectivity index (χ2v) is 11.7. The van der Waals surface area contributed by atoms with Crippen molar-refractivity contribution in [1.82, 2.24) is 4.90 Å². The Hall–Kier alpha value is -2.92. The van der Waals surface area contributed by atoms with E-state index in [4.69, 9.17) is 5.73 Å². The number of rotatable bonds is 7. The van der Waals surface area contributed by atoms with Crippen LogP contribution in [0, 0.1) is 0 Å². The standard InChI is InChI=1S/C25H28N4O4S2.ClH/c1-16(2)29-14-13-20-21(15-29)34-25(22(20)23(26)30)27-24(31)17-9-11-19(12-10-17)35(32,33)28(3)18-7-5-4-6-8-18;/h4-12,16H,13-15H2,1-3H3,(H2,26,30)(H,27,31);1H. The van der Waals surface area contributed by atoms with Crippen molar-refractivity contribution in [3.8, 4) is 0 Å². The molecule has 1 aromatic heterocycles. The number of carbonyl (C=O) groups excluding carboxylic acids is 2. The Bertz CT molecular complexity index is 1360. The summed E-state index contributed by atoms with van der Waals surface area (Å²) >= 11 is 1.37. The molecule has 192 valence electrons. The van der Waals surface area contributed by atoms with Crippen LogP contribution in [0.2, 0.25) is 0 Å². The molecule has 0 radical (unpaired) electrons. The zero-order valence-corrected chi connectivity index (χ0v) is 22.7. The van der Waals surface area contributed by atoms with Crippen molar-refractivity contribution >= 4 is 56.3 Å². The van der Waals surface area contributed by atoms with Gasteiger partial charge in [-0.15, -0.1) is 23.7 Å². The van der Waals surface area contributed by atoms with Crippen LogP contribution in [-0.2, 0) is 23.0 Å². The van der Waals surface area contributed by atoms with Crippen molar-refractivity contribution in [3.63, 3.8) is 0 Å². The fourth-order valence-corrected chi connectivity index (χ4v) is 6.57. The summed E-state index contributed by atoms with van der Waals surface area (Å²) in [5.41, 5.74) is 7.74. The molecule has 1 aliphatic rings. The molecule has 4 rings (SSSR count). The van der Waals surface area contributed by atoms with E-state index in [1.54, 1.807) is 24.3 Å². The van der Waals surface area contributed by atoms with E-state index < -0.39 is 21.8 Å². The van der Waals surface area contributed by atoms with Crippen molar-refractivity contribution in [2.75, 3.05) is 23.2 Å². The van der Waals surface area contributed by atoms with Crippen molar-refractivity contribution in [2.24, 2.45) is 5.73 Å². The molecule has 2 amide bonds. The van der Waals surface area contributed by atoms with Gasteiger partial charge in [-0.3, -0.25) is 18.8 Å². The van der Waals surface area contributed by atoms with Crippen molar-refractivity contribution in [1.29, 1.82) is 0 Å². The van der Waals surface area contributed by atoms with Gasteiger partial charge in [0.2, 0.25) is 0 Å². The first-order valence-corrected chi connectivity index (χ1v) is 13.5. The Labute approximate surface area is 221 Å². The van der Waals surface area contributed by atoms with E-state index in [1.165, 1.54) is 47.0 Å². The number of amides is 2. The zero-order chi connectivity index (χ0) is 25.3. The summed E-state index contributed by atoms with van der Waals surface area (Å²) in [6, 6.07) is 14.8. The van der Waals surface area contributed by atoms with Gasteiger partial charge in [-0.1, -0.05) is 18.2 Å². The minimum Gasteiger partial charge on any atom is -0.365 e. The van der Waals surface area contributed by atoms with Gasteiger partial charge in [0.25, 0.3) is 21.8 Å². The van der Waals surface area contributed by atoms with Crippen molar-refractivity contribution < 1.29 is 18.0 Å². The van der Waals surface area contributed by atoms with E-state index in [1.807, 2.05) is 6.07 Å². The number of para-hydroxylation sites is 1. The highest BCUT2D eigenvalue weighted by molar-refractivity contribution is 7.92. The summed E-state index contributed by atoms with van der Waals surface area (Å²) in [7, 11) is -2.31. The minimum absolute atomic E-state index is 0. The Morgan fingerprint density at radius 2 is 1.72 bits per heavy atom. The molecule has 0 saturated carbocycles. The Balaban J connectivity index is 0.00000361. The van der Waals surface area contributed by atoms with E-state index in [9.17, 15) is 18.0 Å². The molecule has 0 bridgehead atoms. The molecular weight excluding hydrogens is 520 g/mol. The average Bonchev–Trinajstić information content (AvgIpc) is 3.21. The predicted molar refractivity (Wildman–Crippen MR) is 146 cm³/mol. The van der Waals surface area contributed by atoms with Crippen molar-refractivity contribution in [2.45, 2.75) is 37.8 Å². The SMILES string of the molecule is CC(C)N1CCc2c(sc(NC(=O)c3ccc(S(=O)(=O)N(C)c4ccccc4)cc3)c2C(N)=O)C1.Cl. The van der Waals surface area contributed by atoms with Crippen LogP contribution in [-0.4, -0.2) is 44.8 Å². The second-order valence-electron chi connectivity index (χ2n) is 8.67. The van der Waals surface area contributed by atoms with E-state index in [2.05, 4.69) is 24.1 Å². The highest BCUT2D eigenvalue weighted by Gasteiger charge is 2.29. The number of nitrogens with zero attached hydrogens (tertiary/aromatic N) is 2. The number of thiophene rings is 1. The van der Waals surface area contributed by atoms with E-state index in [0.29, 0.717) is 35.3 Å². The van der Waals surface area contributed by atoms with Gasteiger partial charge in [0, 0.05) is 36.6 Å². The predicted octanol–water partition coefficient (Wildman–Crippen LogP) is 4.11. The van der Waals surface area contributed by atoms with Crippen LogP contribution in [0.5, 0.6) is 0 Å². The fourth-order valence-electron chi connectivity index (χ4n) is 4.10. The minimum atomic E-state index is -3.79. The zero-order valence-electron chi connectivity index (χ0n) is 20.2. The molecule has 0 aliphatic carbocycles. The smallest absolute Gasteiger partial charge is 0.264 e. The molecule has 0 atom stereocenters. The number of primary amides is 1. The van der Waals surface area contributed by atoms with Crippen LogP contribution in [0.1, 0.15) is 45.0 Å². The number of benzene rings is 2. The van der Waals surface area contributed by atoms with Crippen molar-refractivity contribution in [3.05, 3.63) is 76.2 Å². The van der Waals surface area contributed by atoms with Gasteiger partial charge >= 0.3 is 0 Å². The highest BCUT2D eigenvalue weighted by atomic mass is 35.5. The molecular formula is C25H29ClN4O4S2. The molecule has 0 spiro atoms. The number of nitrogens with one attached hydrogen (secondary N) is 1. The fraction of sp³-hybridized carbons (Fsp3) is 0.280. The van der Waals surface area contributed by atoms with Crippen LogP contribution >= 0.6 is 23.7 Å². The lowest BCUT2D eigenvalue weighted by atomic mass is 10.0. The molecule has 3 aromatic rings. The van der Waals surface area contributed by atoms with Crippen LogP contribution < -0.4 is 15.4 Å². The van der Waals surface area contributed by atoms with Gasteiger partial charge in [-0.2, -0.15) is 0 Å². The van der Waals surface area contributed by atoms with Crippen LogP contribution in [0.3, 0.4) is 0 Å². The lowest BCUT2D eigenvalue weighted by Gasteiger charge is -2.30. The van der Waals surface area contributed by atoms with E-state index >= 15 is 0 Å². The number of hydrogen-bond donors (Lipinski definition) is 2. The molecule has 0 unspecified atom stereocenters. The highest BCUT2D eigenvalue weighted by Crippen LogP contribution is 2.37. The van der Waals surface area contributed by atoms with Gasteiger partial charge in [-0.05, 0) is 62.2 Å². The number of nitrogens with two attached hydrogens (primary N) is 1. The number of hydrogen-bond acceptors (Lipinski definition) is 6. The van der Waals surface area contributed by atoms with Crippen LogP contribution in [0.15, 0.2) is 59.5 Å². The van der Waals surface area contributed by atoms with Gasteiger partial charge < -0.3 is 11.1 Å². The van der Waals surface area contributed by atoms with Gasteiger partial charge in [0.15, 0.2) is 0 Å². The maximum absolute atomic E-state index is 13.0. The first kappa shape index (κ1) is 27.7. The topological polar surface area (TPSA) is 113 Å². The molecule has 36 heavy (non-hydrogen) atoms. The third-order valence-corrected chi connectivity index (χ3v) is 9.12. The summed E-state index contributed by atoms with van der Waals surface area (Å²) < 4.78 is 27.2. The molecule has 0 saturated heterocycles. The molecule has 2 heterocycles. The number of carbonyl (C=O) groups is 2. The van der Waals surface area contributed by atoms with Crippen LogP contribution in [0.4, 0.5) is 10.7 Å². The first-order valence-electron chi connectivity index (χ1n) is 11.2. The van der Waals surface area contributed by atoms with E-state index in [-0.39, 0.29) is 22.9 Å². The Kier molecular flexibility index (Phi) is 8.45. The summed E-state index contributed by atoms with van der Waals surface area (Å²) in [6.07, 6.45) is 0.694. The average molecular weight is 549 g/mol. The third kappa shape index (κ3) is 5.41. The first-order chi connectivity index (χ1) is 16.6. The largest absolute Gasteiger partial charge is 0.365 e. The second kappa shape index (κ2) is 11.0. The monoisotopic (exact) mass is 548 g/mol. The van der Waals surface area contributed by atoms with E-state index in [0.717, 1.165) is 17.0 Å². The number of sulfonamides is 1. The third-order valence-electron chi connectivity index (χ3n) is 6.18. The molecule has 1 aliphatic heterocycles. The van der Waals surface area contributed by atoms with Gasteiger partial charge in [0.1, 0.15) is 5.00 Å². The number of fused-ring (bicyclic) bond motifs is 1. The lowest BCUT2D eigenvalue weighted by molar-refractivity contribution is 0.0999. The molecule has 0 fully saturated rings. The van der Waals surface area contributed by atoms with Crippen LogP contribution in [0.25, 0.3) is 0 Å². The number of anilines is 2. The normalized spacial score (nSPS) is 13.6. The van der Waals surface area contributed by atoms with Gasteiger partial charge in [0.05, 0.1) is 16.1 Å².